The minimum absolute atomic E-state index is 0.177. The second-order valence-electron chi connectivity index (χ2n) is 5.78. The zero-order valence-electron chi connectivity index (χ0n) is 14.2. The molecule has 0 aromatic heterocycles. The Kier molecular flexibility index (Phi) is 6.85. The van der Waals surface area contributed by atoms with Gasteiger partial charge in [-0.25, -0.2) is 9.20 Å². The van der Waals surface area contributed by atoms with Crippen molar-refractivity contribution in [2.45, 2.75) is 32.7 Å². The molecule has 0 aliphatic carbocycles. The average Bonchev–Trinajstić information content (AvgIpc) is 2.97. The molecule has 2 atom stereocenters. The van der Waals surface area contributed by atoms with Crippen LogP contribution in [0, 0.1) is 0 Å². The SMILES string of the molecule is C=C(C)N=C(N=S)NNc1ccc(N2CCCC2C)cc1NS(=O)O. The molecule has 25 heavy (non-hydrogen) atoms. The van der Waals surface area contributed by atoms with E-state index in [0.29, 0.717) is 23.1 Å². The molecule has 4 N–H and O–H groups in total. The average molecular weight is 383 g/mol. The third-order valence-corrected chi connectivity index (χ3v) is 4.34. The number of allylic oxidation sites excluding steroid dienone is 1. The minimum Gasteiger partial charge on any atom is -0.369 e. The van der Waals surface area contributed by atoms with Crippen molar-refractivity contribution in [1.29, 1.82) is 0 Å². The van der Waals surface area contributed by atoms with Crippen LogP contribution in [0.25, 0.3) is 0 Å². The van der Waals surface area contributed by atoms with Gasteiger partial charge in [-0.2, -0.15) is 0 Å². The Labute approximate surface area is 155 Å². The van der Waals surface area contributed by atoms with Crippen LogP contribution in [0.1, 0.15) is 26.7 Å². The van der Waals surface area contributed by atoms with Gasteiger partial charge in [-0.3, -0.25) is 20.1 Å². The van der Waals surface area contributed by atoms with E-state index in [1.165, 1.54) is 0 Å². The summed E-state index contributed by atoms with van der Waals surface area (Å²) in [5, 5.41) is 0. The fraction of sp³-hybridized carbons (Fsp3) is 0.400. The Morgan fingerprint density at radius 1 is 1.48 bits per heavy atom. The number of nitrogens with one attached hydrogen (secondary N) is 3. The van der Waals surface area contributed by atoms with Crippen LogP contribution in [0.3, 0.4) is 0 Å². The molecule has 1 aliphatic heterocycles. The maximum atomic E-state index is 11.2. The molecule has 1 saturated heterocycles. The summed E-state index contributed by atoms with van der Waals surface area (Å²) < 4.78 is 26.5. The number of hydrogen-bond donors (Lipinski definition) is 4. The predicted molar refractivity (Wildman–Crippen MR) is 106 cm³/mol. The third-order valence-electron chi connectivity index (χ3n) is 3.78. The first-order valence-electron chi connectivity index (χ1n) is 7.78. The highest BCUT2D eigenvalue weighted by atomic mass is 32.2. The van der Waals surface area contributed by atoms with Gasteiger partial charge in [0.05, 0.1) is 11.4 Å². The first-order chi connectivity index (χ1) is 11.9. The van der Waals surface area contributed by atoms with E-state index in [0.717, 1.165) is 25.1 Å². The van der Waals surface area contributed by atoms with E-state index in [1.54, 1.807) is 6.92 Å². The summed E-state index contributed by atoms with van der Waals surface area (Å²) in [4.78, 5) is 6.30. The highest BCUT2D eigenvalue weighted by molar-refractivity contribution is 7.80. The number of hydrazine groups is 1. The van der Waals surface area contributed by atoms with E-state index in [-0.39, 0.29) is 5.96 Å². The van der Waals surface area contributed by atoms with Crippen LogP contribution in [-0.4, -0.2) is 27.3 Å². The summed E-state index contributed by atoms with van der Waals surface area (Å²) in [6.07, 6.45) is 2.27. The molecule has 1 aliphatic rings. The maximum absolute atomic E-state index is 11.2. The summed E-state index contributed by atoms with van der Waals surface area (Å²) in [6.45, 7) is 8.52. The molecular weight excluding hydrogens is 360 g/mol. The van der Waals surface area contributed by atoms with E-state index in [9.17, 15) is 8.76 Å². The van der Waals surface area contributed by atoms with Crippen molar-refractivity contribution in [1.82, 2.24) is 5.43 Å². The summed E-state index contributed by atoms with van der Waals surface area (Å²) >= 11 is 2.46. The molecule has 0 spiro atoms. The largest absolute Gasteiger partial charge is 0.369 e. The fourth-order valence-corrected chi connectivity index (χ4v) is 3.13. The van der Waals surface area contributed by atoms with E-state index < -0.39 is 11.3 Å². The molecule has 0 saturated carbocycles. The number of hydrogen-bond acceptors (Lipinski definition) is 5. The number of benzene rings is 1. The smallest absolute Gasteiger partial charge is 0.259 e. The van der Waals surface area contributed by atoms with Crippen LogP contribution in [-0.2, 0) is 23.7 Å². The van der Waals surface area contributed by atoms with Crippen molar-refractivity contribution in [3.05, 3.63) is 30.5 Å². The number of guanidine groups is 1. The molecule has 2 unspecified atom stereocenters. The molecule has 2 rings (SSSR count). The number of anilines is 3. The van der Waals surface area contributed by atoms with Crippen molar-refractivity contribution in [2.75, 3.05) is 21.6 Å². The number of rotatable bonds is 6. The van der Waals surface area contributed by atoms with Gasteiger partial charge >= 0.3 is 0 Å². The van der Waals surface area contributed by atoms with E-state index in [4.69, 9.17) is 0 Å². The Hall–Kier alpha value is -2.04. The third kappa shape index (κ3) is 5.48. The Bertz CT molecular complexity index is 709. The first-order valence-corrected chi connectivity index (χ1v) is 9.25. The lowest BCUT2D eigenvalue weighted by atomic mass is 10.2. The number of aliphatic imine (C=N–C) groups is 1. The molecule has 0 bridgehead atoms. The number of nitrogens with zero attached hydrogens (tertiary/aromatic N) is 3. The first kappa shape index (κ1) is 19.3. The minimum atomic E-state index is -2.20. The second kappa shape index (κ2) is 8.88. The lowest BCUT2D eigenvalue weighted by Crippen LogP contribution is -2.29. The zero-order chi connectivity index (χ0) is 18.4. The van der Waals surface area contributed by atoms with Crippen molar-refractivity contribution < 1.29 is 8.76 Å². The molecule has 1 aromatic rings. The van der Waals surface area contributed by atoms with Crippen LogP contribution < -0.4 is 20.5 Å². The van der Waals surface area contributed by atoms with Gasteiger partial charge in [0.25, 0.3) is 17.2 Å². The normalized spacial score (nSPS) is 18.6. The van der Waals surface area contributed by atoms with Crippen molar-refractivity contribution in [2.24, 2.45) is 9.36 Å². The van der Waals surface area contributed by atoms with Gasteiger partial charge in [-0.05, 0) is 44.9 Å². The van der Waals surface area contributed by atoms with Gasteiger partial charge in [0, 0.05) is 36.4 Å². The lowest BCUT2D eigenvalue weighted by molar-refractivity contribution is 0.570. The standard InChI is InChI=1S/C15H22N6O2S2/c1-10(2)16-15(19-24)18-17-13-7-6-12(9-14(13)20-25(22)23)21-8-4-5-11(21)3/h6-7,9,11,17,20H,1,4-5,8H2,2-3H3,(H,16,18)(H,22,23). The van der Waals surface area contributed by atoms with Crippen LogP contribution >= 0.6 is 0 Å². The lowest BCUT2D eigenvalue weighted by Gasteiger charge is -2.25. The summed E-state index contributed by atoms with van der Waals surface area (Å²) in [6, 6.07) is 6.04. The van der Waals surface area contributed by atoms with Crippen molar-refractivity contribution in [3.63, 3.8) is 0 Å². The Morgan fingerprint density at radius 2 is 2.24 bits per heavy atom. The molecule has 8 nitrogen and oxygen atoms in total. The zero-order valence-corrected chi connectivity index (χ0v) is 15.8. The van der Waals surface area contributed by atoms with Crippen molar-refractivity contribution in [3.8, 4) is 0 Å². The molecule has 1 heterocycles. The maximum Gasteiger partial charge on any atom is 0.259 e. The molecule has 1 fully saturated rings. The van der Waals surface area contributed by atoms with Gasteiger partial charge in [0.1, 0.15) is 0 Å². The van der Waals surface area contributed by atoms with Gasteiger partial charge < -0.3 is 4.90 Å². The van der Waals surface area contributed by atoms with E-state index in [1.807, 2.05) is 18.2 Å². The summed E-state index contributed by atoms with van der Waals surface area (Å²) in [5.74, 6) is 0.177. The van der Waals surface area contributed by atoms with E-state index >= 15 is 0 Å². The van der Waals surface area contributed by atoms with Gasteiger partial charge in [-0.1, -0.05) is 6.58 Å². The van der Waals surface area contributed by atoms with Crippen molar-refractivity contribution >= 4 is 46.7 Å². The van der Waals surface area contributed by atoms with Gasteiger partial charge in [0.2, 0.25) is 0 Å². The molecular formula is C15H22N6O2S2. The Balaban J connectivity index is 2.22. The molecule has 136 valence electrons. The monoisotopic (exact) mass is 382 g/mol. The van der Waals surface area contributed by atoms with Crippen LogP contribution in [0.15, 0.2) is 39.8 Å². The van der Waals surface area contributed by atoms with Gasteiger partial charge in [0.15, 0.2) is 0 Å². The second-order valence-corrected chi connectivity index (χ2v) is 6.66. The highest BCUT2D eigenvalue weighted by Crippen LogP contribution is 2.31. The van der Waals surface area contributed by atoms with Crippen LogP contribution in [0.4, 0.5) is 17.1 Å². The van der Waals surface area contributed by atoms with Crippen LogP contribution in [0.5, 0.6) is 0 Å². The molecule has 10 heteroatoms. The quantitative estimate of drug-likeness (QED) is 0.261. The van der Waals surface area contributed by atoms with Gasteiger partial charge in [-0.15, -0.1) is 4.36 Å². The highest BCUT2D eigenvalue weighted by Gasteiger charge is 2.21. The Morgan fingerprint density at radius 3 is 2.80 bits per heavy atom. The van der Waals surface area contributed by atoms with Crippen LogP contribution in [0.2, 0.25) is 0 Å². The fourth-order valence-electron chi connectivity index (χ4n) is 2.69. The molecule has 0 radical (unpaired) electrons. The topological polar surface area (TPSA) is 101 Å². The predicted octanol–water partition coefficient (Wildman–Crippen LogP) is 2.76. The summed E-state index contributed by atoms with van der Waals surface area (Å²) in [7, 11) is 0. The molecule has 1 aromatic carbocycles. The summed E-state index contributed by atoms with van der Waals surface area (Å²) in [5.41, 5.74) is 8.23. The van der Waals surface area contributed by atoms with E-state index in [2.05, 4.69) is 55.8 Å². The molecule has 0 amide bonds.